The second kappa shape index (κ2) is 5.63. The van der Waals surface area contributed by atoms with E-state index in [9.17, 15) is 15.0 Å². The Hall–Kier alpha value is -2.23. The van der Waals surface area contributed by atoms with E-state index in [0.717, 1.165) is 11.1 Å². The molecule has 5 atom stereocenters. The SMILES string of the molecule is CN1C#C[C@]23c4c5c(C(=O)/C=C/CBr)cc(O)c4O[C@H]2[C@@H](O)C=C[C@H]3[C@H]1C5. The fourth-order valence-electron chi connectivity index (χ4n) is 5.09. The van der Waals surface area contributed by atoms with Gasteiger partial charge in [-0.15, -0.1) is 0 Å². The molecule has 2 bridgehead atoms. The number of aliphatic hydroxyl groups excluding tert-OH is 1. The summed E-state index contributed by atoms with van der Waals surface area (Å²) >= 11 is 3.29. The summed E-state index contributed by atoms with van der Waals surface area (Å²) in [6, 6.07) is 4.75. The Kier molecular flexibility index (Phi) is 3.53. The molecule has 0 fully saturated rings. The summed E-state index contributed by atoms with van der Waals surface area (Å²) in [5, 5.41) is 21.8. The van der Waals surface area contributed by atoms with Gasteiger partial charge >= 0.3 is 0 Å². The average Bonchev–Trinajstić information content (AvgIpc) is 3.01. The highest BCUT2D eigenvalue weighted by Crippen LogP contribution is 2.60. The van der Waals surface area contributed by atoms with E-state index in [0.29, 0.717) is 23.1 Å². The standard InChI is InChI=1S/C21H18BrNO4/c1-23-8-6-21-13-4-5-16(25)20(21)27-19-17(26)10-11(15(24)3-2-7-22)12(18(19)21)9-14(13)23/h2-5,10,13-14,16,20,25-26H,7,9H2,1H3/b3-2+/t13-,14+,16-,20-,21-/m0/s1. The second-order valence-electron chi connectivity index (χ2n) is 7.47. The molecule has 5 nitrogen and oxygen atoms in total. The van der Waals surface area contributed by atoms with Crippen LogP contribution in [0.3, 0.4) is 0 Å². The molecular formula is C21H18BrNO4. The molecule has 1 spiro atoms. The van der Waals surface area contributed by atoms with E-state index in [1.54, 1.807) is 12.2 Å². The largest absolute Gasteiger partial charge is 0.504 e. The van der Waals surface area contributed by atoms with Gasteiger partial charge in [0, 0.05) is 41.5 Å². The van der Waals surface area contributed by atoms with Gasteiger partial charge in [-0.1, -0.05) is 40.1 Å². The van der Waals surface area contributed by atoms with Crippen LogP contribution < -0.4 is 4.74 Å². The van der Waals surface area contributed by atoms with Gasteiger partial charge in [-0.3, -0.25) is 4.79 Å². The van der Waals surface area contributed by atoms with E-state index >= 15 is 0 Å². The molecule has 6 heteroatoms. The minimum absolute atomic E-state index is 0.0359. The summed E-state index contributed by atoms with van der Waals surface area (Å²) in [5.74, 6) is 3.51. The van der Waals surface area contributed by atoms with Gasteiger partial charge in [0.15, 0.2) is 17.3 Å². The summed E-state index contributed by atoms with van der Waals surface area (Å²) in [5.41, 5.74) is 1.41. The smallest absolute Gasteiger partial charge is 0.185 e. The fraction of sp³-hybridized carbons (Fsp3) is 0.381. The molecule has 1 aromatic rings. The number of ether oxygens (including phenoxy) is 1. The highest BCUT2D eigenvalue weighted by Gasteiger charge is 2.64. The maximum Gasteiger partial charge on any atom is 0.185 e. The molecule has 0 saturated heterocycles. The van der Waals surface area contributed by atoms with E-state index in [-0.39, 0.29) is 23.5 Å². The molecule has 2 heterocycles. The minimum atomic E-state index is -0.815. The molecule has 0 amide bonds. The molecule has 0 radical (unpaired) electrons. The molecule has 2 aliphatic heterocycles. The number of nitrogens with zero attached hydrogens (tertiary/aromatic N) is 1. The lowest BCUT2D eigenvalue weighted by Crippen LogP contribution is -2.61. The van der Waals surface area contributed by atoms with E-state index in [2.05, 4.69) is 27.9 Å². The van der Waals surface area contributed by atoms with Crippen LogP contribution >= 0.6 is 15.9 Å². The Morgan fingerprint density at radius 3 is 3.11 bits per heavy atom. The number of halogens is 1. The Labute approximate surface area is 165 Å². The van der Waals surface area contributed by atoms with E-state index in [1.165, 1.54) is 12.1 Å². The van der Waals surface area contributed by atoms with Crippen molar-refractivity contribution in [3.8, 4) is 23.5 Å². The lowest BCUT2D eigenvalue weighted by atomic mass is 9.55. The first-order chi connectivity index (χ1) is 13.0. The van der Waals surface area contributed by atoms with Crippen LogP contribution in [-0.4, -0.2) is 51.5 Å². The van der Waals surface area contributed by atoms with Crippen LogP contribution in [-0.2, 0) is 11.8 Å². The maximum absolute atomic E-state index is 12.8. The van der Waals surface area contributed by atoms with Crippen molar-refractivity contribution < 1.29 is 19.7 Å². The lowest BCUT2D eigenvalue weighted by molar-refractivity contribution is 0.00894. The fourth-order valence-corrected chi connectivity index (χ4v) is 5.28. The Morgan fingerprint density at radius 1 is 1.52 bits per heavy atom. The number of hydrogen-bond acceptors (Lipinski definition) is 5. The van der Waals surface area contributed by atoms with Crippen molar-refractivity contribution in [3.05, 3.63) is 47.1 Å². The van der Waals surface area contributed by atoms with Crippen LogP contribution in [0.2, 0.25) is 0 Å². The predicted octanol–water partition coefficient (Wildman–Crippen LogP) is 1.90. The van der Waals surface area contributed by atoms with Crippen molar-refractivity contribution in [2.24, 2.45) is 5.92 Å². The number of aliphatic hydroxyl groups is 1. The van der Waals surface area contributed by atoms with E-state index < -0.39 is 17.6 Å². The topological polar surface area (TPSA) is 70.0 Å². The molecule has 138 valence electrons. The first kappa shape index (κ1) is 16.9. The van der Waals surface area contributed by atoms with Crippen molar-refractivity contribution in [3.63, 3.8) is 0 Å². The van der Waals surface area contributed by atoms with Gasteiger partial charge in [-0.2, -0.15) is 0 Å². The molecule has 2 N–H and O–H groups in total. The summed E-state index contributed by atoms with van der Waals surface area (Å²) < 4.78 is 6.06. The van der Waals surface area contributed by atoms with Gasteiger partial charge in [0.1, 0.15) is 17.6 Å². The van der Waals surface area contributed by atoms with Crippen molar-refractivity contribution in [2.45, 2.75) is 30.1 Å². The zero-order valence-electron chi connectivity index (χ0n) is 14.6. The highest BCUT2D eigenvalue weighted by molar-refractivity contribution is 9.09. The van der Waals surface area contributed by atoms with Gasteiger partial charge in [0.05, 0.1) is 0 Å². The zero-order chi connectivity index (χ0) is 18.9. The molecule has 27 heavy (non-hydrogen) atoms. The van der Waals surface area contributed by atoms with Crippen molar-refractivity contribution >= 4 is 21.7 Å². The predicted molar refractivity (Wildman–Crippen MR) is 103 cm³/mol. The van der Waals surface area contributed by atoms with Crippen molar-refractivity contribution in [2.75, 3.05) is 12.4 Å². The first-order valence-electron chi connectivity index (χ1n) is 8.94. The number of hydrogen-bond donors (Lipinski definition) is 2. The molecule has 4 aliphatic rings. The van der Waals surface area contributed by atoms with Crippen LogP contribution in [0.5, 0.6) is 11.5 Å². The van der Waals surface area contributed by atoms with Crippen LogP contribution in [0.1, 0.15) is 21.5 Å². The average molecular weight is 428 g/mol. The third-order valence-corrected chi connectivity index (χ3v) is 6.59. The molecular weight excluding hydrogens is 410 g/mol. The van der Waals surface area contributed by atoms with Gasteiger partial charge in [-0.25, -0.2) is 0 Å². The monoisotopic (exact) mass is 427 g/mol. The number of benzene rings is 1. The van der Waals surface area contributed by atoms with E-state index in [1.807, 2.05) is 18.0 Å². The van der Waals surface area contributed by atoms with Gasteiger partial charge in [0.25, 0.3) is 0 Å². The van der Waals surface area contributed by atoms with Gasteiger partial charge in [0.2, 0.25) is 0 Å². The molecule has 0 aromatic heterocycles. The first-order valence-corrected chi connectivity index (χ1v) is 10.1. The zero-order valence-corrected chi connectivity index (χ0v) is 16.2. The lowest BCUT2D eigenvalue weighted by Gasteiger charge is -2.51. The van der Waals surface area contributed by atoms with Gasteiger partial charge in [-0.05, 0) is 24.1 Å². The summed E-state index contributed by atoms with van der Waals surface area (Å²) in [6.07, 6.45) is 6.28. The number of carbonyl (C=O) groups excluding carboxylic acids is 1. The summed E-state index contributed by atoms with van der Waals surface area (Å²) in [6.45, 7) is 0. The van der Waals surface area contributed by atoms with Crippen LogP contribution in [0.15, 0.2) is 30.4 Å². The van der Waals surface area contributed by atoms with E-state index in [4.69, 9.17) is 4.74 Å². The number of allylic oxidation sites excluding steroid dienone is 2. The summed E-state index contributed by atoms with van der Waals surface area (Å²) in [7, 11) is 1.95. The number of alkyl halides is 1. The van der Waals surface area contributed by atoms with Crippen LogP contribution in [0.25, 0.3) is 0 Å². The minimum Gasteiger partial charge on any atom is -0.504 e. The molecule has 2 aliphatic carbocycles. The normalized spacial score (nSPS) is 34.1. The maximum atomic E-state index is 12.8. The number of phenolic OH excluding ortho intramolecular Hbond substituents is 1. The van der Waals surface area contributed by atoms with Crippen molar-refractivity contribution in [1.29, 1.82) is 0 Å². The molecule has 5 rings (SSSR count). The number of likely N-dealkylation sites (N-methyl/N-ethyl adjacent to an activating group) is 1. The Balaban J connectivity index is 1.81. The quantitative estimate of drug-likeness (QED) is 0.253. The van der Waals surface area contributed by atoms with Crippen LogP contribution in [0.4, 0.5) is 0 Å². The van der Waals surface area contributed by atoms with Crippen LogP contribution in [0, 0.1) is 17.9 Å². The second-order valence-corrected chi connectivity index (χ2v) is 8.12. The summed E-state index contributed by atoms with van der Waals surface area (Å²) in [4.78, 5) is 14.8. The highest BCUT2D eigenvalue weighted by atomic mass is 79.9. The Bertz CT molecular complexity index is 988. The van der Waals surface area contributed by atoms with Crippen molar-refractivity contribution in [1.82, 2.24) is 4.90 Å². The number of rotatable bonds is 3. The molecule has 1 aromatic carbocycles. The number of aromatic hydroxyl groups is 1. The Morgan fingerprint density at radius 2 is 2.33 bits per heavy atom. The van der Waals surface area contributed by atoms with Gasteiger partial charge < -0.3 is 19.8 Å². The third-order valence-electron chi connectivity index (χ3n) is 6.21. The number of ketones is 1. The molecule has 0 saturated carbocycles. The number of carbonyl (C=O) groups is 1. The number of phenols is 1. The third kappa shape index (κ3) is 2.02. The molecule has 0 unspecified atom stereocenters.